The molecule has 7 heteroatoms. The molecule has 0 atom stereocenters. The van der Waals surface area contributed by atoms with Gasteiger partial charge >= 0.3 is 0 Å². The number of likely N-dealkylation sites (tertiary alicyclic amines) is 1. The number of aryl methyl sites for hydroxylation is 2. The molecular formula is C19H21N5O2. The van der Waals surface area contributed by atoms with Gasteiger partial charge in [-0.05, 0) is 32.0 Å². The van der Waals surface area contributed by atoms with Gasteiger partial charge < -0.3 is 14.6 Å². The molecule has 1 saturated heterocycles. The Morgan fingerprint density at radius 1 is 1.19 bits per heavy atom. The number of imidazole rings is 1. The molecule has 2 aromatic heterocycles. The lowest BCUT2D eigenvalue weighted by molar-refractivity contribution is 0.0587. The van der Waals surface area contributed by atoms with Crippen molar-refractivity contribution in [2.45, 2.75) is 32.8 Å². The van der Waals surface area contributed by atoms with Crippen molar-refractivity contribution in [2.75, 3.05) is 13.1 Å². The summed E-state index contributed by atoms with van der Waals surface area (Å²) in [7, 11) is 0. The number of aromatic nitrogens is 4. The molecule has 26 heavy (non-hydrogen) atoms. The van der Waals surface area contributed by atoms with Crippen molar-refractivity contribution in [3.05, 3.63) is 47.7 Å². The lowest BCUT2D eigenvalue weighted by Crippen LogP contribution is -2.41. The molecule has 1 aliphatic rings. The van der Waals surface area contributed by atoms with Gasteiger partial charge in [-0.25, -0.2) is 9.97 Å². The largest absolute Gasteiger partial charge is 0.474 e. The van der Waals surface area contributed by atoms with Crippen LogP contribution in [-0.2, 0) is 0 Å². The minimum atomic E-state index is 0.0497. The van der Waals surface area contributed by atoms with E-state index >= 15 is 0 Å². The van der Waals surface area contributed by atoms with E-state index < -0.39 is 0 Å². The minimum absolute atomic E-state index is 0.0497. The quantitative estimate of drug-likeness (QED) is 0.784. The molecule has 1 N–H and O–H groups in total. The summed E-state index contributed by atoms with van der Waals surface area (Å²) in [5.41, 5.74) is 3.32. The predicted molar refractivity (Wildman–Crippen MR) is 97.2 cm³/mol. The van der Waals surface area contributed by atoms with E-state index in [1.54, 1.807) is 6.33 Å². The molecular weight excluding hydrogens is 330 g/mol. The number of benzene rings is 1. The molecule has 0 radical (unpaired) electrons. The number of rotatable bonds is 3. The van der Waals surface area contributed by atoms with Gasteiger partial charge in [-0.3, -0.25) is 4.79 Å². The zero-order chi connectivity index (χ0) is 18.1. The molecule has 1 amide bonds. The van der Waals surface area contributed by atoms with Crippen LogP contribution in [0.15, 0.2) is 30.6 Å². The number of H-pyrrole nitrogens is 1. The van der Waals surface area contributed by atoms with Gasteiger partial charge in [-0.15, -0.1) is 0 Å². The molecule has 1 fully saturated rings. The maximum absolute atomic E-state index is 12.7. The SMILES string of the molecule is Cc1cc(OC2CCN(C(=O)c3ccc4nc[nH]c4c3)CC2)nc(C)n1. The van der Waals surface area contributed by atoms with Gasteiger partial charge in [0.1, 0.15) is 11.9 Å². The van der Waals surface area contributed by atoms with E-state index in [4.69, 9.17) is 4.74 Å². The highest BCUT2D eigenvalue weighted by atomic mass is 16.5. The fraction of sp³-hybridized carbons (Fsp3) is 0.368. The fourth-order valence-corrected chi connectivity index (χ4v) is 3.34. The summed E-state index contributed by atoms with van der Waals surface area (Å²) in [6.07, 6.45) is 3.29. The number of carbonyl (C=O) groups excluding carboxylic acids is 1. The van der Waals surface area contributed by atoms with Crippen molar-refractivity contribution in [1.82, 2.24) is 24.8 Å². The molecule has 0 spiro atoms. The molecule has 4 rings (SSSR count). The summed E-state index contributed by atoms with van der Waals surface area (Å²) < 4.78 is 6.00. The van der Waals surface area contributed by atoms with Crippen molar-refractivity contribution in [3.8, 4) is 5.88 Å². The van der Waals surface area contributed by atoms with Gasteiger partial charge in [0.05, 0.1) is 17.4 Å². The van der Waals surface area contributed by atoms with Crippen LogP contribution in [-0.4, -0.2) is 49.9 Å². The normalized spacial score (nSPS) is 15.4. The number of hydrogen-bond acceptors (Lipinski definition) is 5. The zero-order valence-electron chi connectivity index (χ0n) is 14.9. The van der Waals surface area contributed by atoms with Crippen LogP contribution < -0.4 is 4.74 Å². The van der Waals surface area contributed by atoms with Gasteiger partial charge in [-0.2, -0.15) is 4.98 Å². The Kier molecular flexibility index (Phi) is 4.28. The third-order valence-corrected chi connectivity index (χ3v) is 4.63. The van der Waals surface area contributed by atoms with E-state index in [0.29, 0.717) is 30.4 Å². The number of piperidine rings is 1. The summed E-state index contributed by atoms with van der Waals surface area (Å²) >= 11 is 0. The van der Waals surface area contributed by atoms with Crippen LogP contribution in [0.1, 0.15) is 34.7 Å². The van der Waals surface area contributed by atoms with Crippen molar-refractivity contribution >= 4 is 16.9 Å². The highest BCUT2D eigenvalue weighted by Crippen LogP contribution is 2.20. The molecule has 3 heterocycles. The Hall–Kier alpha value is -2.96. The van der Waals surface area contributed by atoms with E-state index in [1.165, 1.54) is 0 Å². The van der Waals surface area contributed by atoms with Crippen LogP contribution in [0.4, 0.5) is 0 Å². The minimum Gasteiger partial charge on any atom is -0.474 e. The Balaban J connectivity index is 1.38. The second-order valence-corrected chi connectivity index (χ2v) is 6.64. The molecule has 1 aromatic carbocycles. The second kappa shape index (κ2) is 6.74. The molecule has 1 aliphatic heterocycles. The van der Waals surface area contributed by atoms with Gasteiger partial charge in [0.25, 0.3) is 5.91 Å². The first-order chi connectivity index (χ1) is 12.6. The van der Waals surface area contributed by atoms with Crippen molar-refractivity contribution < 1.29 is 9.53 Å². The average Bonchev–Trinajstić information content (AvgIpc) is 3.08. The average molecular weight is 351 g/mol. The van der Waals surface area contributed by atoms with Crippen LogP contribution in [0.3, 0.4) is 0 Å². The number of aromatic amines is 1. The van der Waals surface area contributed by atoms with Crippen LogP contribution in [0, 0.1) is 13.8 Å². The summed E-state index contributed by atoms with van der Waals surface area (Å²) in [6.45, 7) is 5.14. The summed E-state index contributed by atoms with van der Waals surface area (Å²) in [5.74, 6) is 1.37. The number of hydrogen-bond donors (Lipinski definition) is 1. The number of carbonyl (C=O) groups is 1. The third kappa shape index (κ3) is 3.37. The smallest absolute Gasteiger partial charge is 0.253 e. The Morgan fingerprint density at radius 3 is 2.77 bits per heavy atom. The molecule has 0 aliphatic carbocycles. The summed E-state index contributed by atoms with van der Waals surface area (Å²) in [4.78, 5) is 30.5. The van der Waals surface area contributed by atoms with Crippen LogP contribution in [0.25, 0.3) is 11.0 Å². The number of nitrogens with one attached hydrogen (secondary N) is 1. The van der Waals surface area contributed by atoms with E-state index in [-0.39, 0.29) is 12.0 Å². The Morgan fingerprint density at radius 2 is 2.00 bits per heavy atom. The van der Waals surface area contributed by atoms with Crippen LogP contribution >= 0.6 is 0 Å². The first kappa shape index (κ1) is 16.5. The Bertz CT molecular complexity index is 924. The van der Waals surface area contributed by atoms with Gasteiger partial charge in [0.15, 0.2) is 0 Å². The molecule has 0 unspecified atom stereocenters. The molecule has 7 nitrogen and oxygen atoms in total. The highest BCUT2D eigenvalue weighted by molar-refractivity contribution is 5.97. The molecule has 0 saturated carbocycles. The standard InChI is InChI=1S/C19H21N5O2/c1-12-9-18(23-13(2)22-12)26-15-5-7-24(8-6-15)19(25)14-3-4-16-17(10-14)21-11-20-16/h3-4,9-11,15H,5-8H2,1-2H3,(H,20,21). The summed E-state index contributed by atoms with van der Waals surface area (Å²) in [5, 5.41) is 0. The third-order valence-electron chi connectivity index (χ3n) is 4.63. The zero-order valence-corrected chi connectivity index (χ0v) is 14.9. The molecule has 3 aromatic rings. The maximum Gasteiger partial charge on any atom is 0.253 e. The van der Waals surface area contributed by atoms with Crippen LogP contribution in [0.2, 0.25) is 0 Å². The summed E-state index contributed by atoms with van der Waals surface area (Å²) in [6, 6.07) is 7.42. The Labute approximate surface area is 151 Å². The number of fused-ring (bicyclic) bond motifs is 1. The predicted octanol–water partition coefficient (Wildman–Crippen LogP) is 2.65. The van der Waals surface area contributed by atoms with Gasteiger partial charge in [-0.1, -0.05) is 0 Å². The van der Waals surface area contributed by atoms with Crippen LogP contribution in [0.5, 0.6) is 5.88 Å². The lowest BCUT2D eigenvalue weighted by Gasteiger charge is -2.32. The van der Waals surface area contributed by atoms with Gasteiger partial charge in [0, 0.05) is 43.3 Å². The topological polar surface area (TPSA) is 84.0 Å². The molecule has 0 bridgehead atoms. The maximum atomic E-state index is 12.7. The van der Waals surface area contributed by atoms with Crippen molar-refractivity contribution in [1.29, 1.82) is 0 Å². The molecule has 134 valence electrons. The fourth-order valence-electron chi connectivity index (χ4n) is 3.34. The first-order valence-electron chi connectivity index (χ1n) is 8.80. The van der Waals surface area contributed by atoms with E-state index in [9.17, 15) is 4.79 Å². The van der Waals surface area contributed by atoms with E-state index in [2.05, 4.69) is 19.9 Å². The monoisotopic (exact) mass is 351 g/mol. The van der Waals surface area contributed by atoms with Gasteiger partial charge in [0.2, 0.25) is 5.88 Å². The highest BCUT2D eigenvalue weighted by Gasteiger charge is 2.25. The van der Waals surface area contributed by atoms with Crippen molar-refractivity contribution in [3.63, 3.8) is 0 Å². The number of ether oxygens (including phenoxy) is 1. The number of amides is 1. The van der Waals surface area contributed by atoms with Crippen molar-refractivity contribution in [2.24, 2.45) is 0 Å². The number of nitrogens with zero attached hydrogens (tertiary/aromatic N) is 4. The van der Waals surface area contributed by atoms with E-state index in [1.807, 2.05) is 43.0 Å². The first-order valence-corrected chi connectivity index (χ1v) is 8.80. The lowest BCUT2D eigenvalue weighted by atomic mass is 10.1. The second-order valence-electron chi connectivity index (χ2n) is 6.64. The van der Waals surface area contributed by atoms with E-state index in [0.717, 1.165) is 29.6 Å².